The quantitative estimate of drug-likeness (QED) is 0.838. The summed E-state index contributed by atoms with van der Waals surface area (Å²) in [4.78, 5) is -0.342. The number of hydrogen-bond donors (Lipinski definition) is 1. The first-order valence-electron chi connectivity index (χ1n) is 6.57. The number of nitrogens with two attached hydrogens (primary N) is 1. The summed E-state index contributed by atoms with van der Waals surface area (Å²) in [5.41, 5.74) is 5.90. The van der Waals surface area contributed by atoms with Crippen molar-refractivity contribution in [3.05, 3.63) is 22.4 Å². The second-order valence-corrected chi connectivity index (χ2v) is 7.79. The molecule has 4 nitrogen and oxygen atoms in total. The lowest BCUT2D eigenvalue weighted by molar-refractivity contribution is 0.327. The fourth-order valence-electron chi connectivity index (χ4n) is 2.72. The number of nitrogen functional groups attached to an aromatic ring is 1. The summed E-state index contributed by atoms with van der Waals surface area (Å²) >= 11 is 3.09. The predicted octanol–water partition coefficient (Wildman–Crippen LogP) is 3.12. The van der Waals surface area contributed by atoms with Gasteiger partial charge in [-0.05, 0) is 54.2 Å². The maximum Gasteiger partial charge on any atom is 0.246 e. The summed E-state index contributed by atoms with van der Waals surface area (Å²) in [5.74, 6) is -0.778. The van der Waals surface area contributed by atoms with Gasteiger partial charge in [-0.2, -0.15) is 4.31 Å². The molecule has 0 amide bonds. The summed E-state index contributed by atoms with van der Waals surface area (Å²) in [5, 5.41) is 0. The molecule has 112 valence electrons. The molecule has 1 heterocycles. The van der Waals surface area contributed by atoms with Crippen LogP contribution in [0.2, 0.25) is 0 Å². The van der Waals surface area contributed by atoms with Crippen molar-refractivity contribution in [3.63, 3.8) is 0 Å². The van der Waals surface area contributed by atoms with Crippen LogP contribution in [0, 0.1) is 5.82 Å². The van der Waals surface area contributed by atoms with Gasteiger partial charge in [0, 0.05) is 22.2 Å². The minimum atomic E-state index is -3.86. The molecule has 2 atom stereocenters. The lowest BCUT2D eigenvalue weighted by atomic mass is 10.2. The van der Waals surface area contributed by atoms with Crippen LogP contribution in [0.4, 0.5) is 10.1 Å². The fourth-order valence-corrected chi connectivity index (χ4v) is 5.07. The van der Waals surface area contributed by atoms with E-state index >= 15 is 0 Å². The van der Waals surface area contributed by atoms with Crippen molar-refractivity contribution in [3.8, 4) is 0 Å². The maximum absolute atomic E-state index is 14.0. The van der Waals surface area contributed by atoms with Crippen molar-refractivity contribution in [1.82, 2.24) is 4.31 Å². The molecule has 0 spiro atoms. The van der Waals surface area contributed by atoms with Crippen LogP contribution < -0.4 is 5.73 Å². The zero-order chi connectivity index (χ0) is 15.1. The highest BCUT2D eigenvalue weighted by Crippen LogP contribution is 2.35. The highest BCUT2D eigenvalue weighted by atomic mass is 79.9. The molecule has 1 aromatic rings. The molecule has 1 aromatic carbocycles. The number of anilines is 1. The highest BCUT2D eigenvalue weighted by molar-refractivity contribution is 9.10. The zero-order valence-electron chi connectivity index (χ0n) is 11.4. The van der Waals surface area contributed by atoms with Gasteiger partial charge in [0.1, 0.15) is 10.7 Å². The topological polar surface area (TPSA) is 63.4 Å². The zero-order valence-corrected chi connectivity index (χ0v) is 13.8. The third-order valence-corrected chi connectivity index (χ3v) is 6.56. The number of sulfonamides is 1. The van der Waals surface area contributed by atoms with E-state index in [0.29, 0.717) is 4.47 Å². The summed E-state index contributed by atoms with van der Waals surface area (Å²) < 4.78 is 41.3. The Morgan fingerprint density at radius 1 is 1.45 bits per heavy atom. The molecule has 0 aliphatic carbocycles. The Kier molecular flexibility index (Phi) is 4.41. The number of hydrogen-bond acceptors (Lipinski definition) is 3. The molecule has 1 aliphatic heterocycles. The van der Waals surface area contributed by atoms with E-state index in [0.717, 1.165) is 25.3 Å². The van der Waals surface area contributed by atoms with Gasteiger partial charge in [-0.15, -0.1) is 0 Å². The third kappa shape index (κ3) is 2.58. The largest absolute Gasteiger partial charge is 0.398 e. The molecule has 1 fully saturated rings. The van der Waals surface area contributed by atoms with Gasteiger partial charge in [0.2, 0.25) is 10.0 Å². The number of benzene rings is 1. The number of halogens is 2. The fraction of sp³-hybridized carbons (Fsp3) is 0.538. The van der Waals surface area contributed by atoms with Crippen LogP contribution in [0.5, 0.6) is 0 Å². The van der Waals surface area contributed by atoms with Crippen molar-refractivity contribution in [2.24, 2.45) is 0 Å². The molecule has 1 aliphatic rings. The van der Waals surface area contributed by atoms with Crippen molar-refractivity contribution in [1.29, 1.82) is 0 Å². The third-order valence-electron chi connectivity index (χ3n) is 3.79. The van der Waals surface area contributed by atoms with E-state index in [2.05, 4.69) is 15.9 Å². The smallest absolute Gasteiger partial charge is 0.246 e. The second-order valence-electron chi connectivity index (χ2n) is 5.13. The van der Waals surface area contributed by atoms with E-state index in [1.165, 1.54) is 10.4 Å². The van der Waals surface area contributed by atoms with Crippen LogP contribution in [0.15, 0.2) is 21.5 Å². The lowest BCUT2D eigenvalue weighted by Crippen LogP contribution is -2.40. The molecular weight excluding hydrogens is 347 g/mol. The Balaban J connectivity index is 2.53. The average molecular weight is 365 g/mol. The molecule has 2 rings (SSSR count). The van der Waals surface area contributed by atoms with Crippen LogP contribution in [0.1, 0.15) is 33.1 Å². The Morgan fingerprint density at radius 3 is 2.70 bits per heavy atom. The monoisotopic (exact) mass is 364 g/mol. The summed E-state index contributed by atoms with van der Waals surface area (Å²) in [6.45, 7) is 3.80. The van der Waals surface area contributed by atoms with Gasteiger partial charge >= 0.3 is 0 Å². The van der Waals surface area contributed by atoms with Gasteiger partial charge in [-0.25, -0.2) is 12.8 Å². The molecule has 2 N–H and O–H groups in total. The lowest BCUT2D eigenvalue weighted by Gasteiger charge is -2.27. The molecule has 0 bridgehead atoms. The van der Waals surface area contributed by atoms with E-state index in [9.17, 15) is 12.8 Å². The van der Waals surface area contributed by atoms with Crippen molar-refractivity contribution < 1.29 is 12.8 Å². The highest BCUT2D eigenvalue weighted by Gasteiger charge is 2.40. The Bertz CT molecular complexity index is 621. The summed E-state index contributed by atoms with van der Waals surface area (Å²) in [6, 6.07) is 2.10. The van der Waals surface area contributed by atoms with Crippen molar-refractivity contribution in [2.75, 3.05) is 5.73 Å². The van der Waals surface area contributed by atoms with Crippen LogP contribution in [-0.2, 0) is 10.0 Å². The molecule has 0 saturated carbocycles. The van der Waals surface area contributed by atoms with Gasteiger partial charge in [-0.1, -0.05) is 6.92 Å². The van der Waals surface area contributed by atoms with E-state index in [-0.39, 0.29) is 22.7 Å². The van der Waals surface area contributed by atoms with Gasteiger partial charge in [0.25, 0.3) is 0 Å². The van der Waals surface area contributed by atoms with Crippen LogP contribution >= 0.6 is 15.9 Å². The molecule has 2 unspecified atom stereocenters. The van der Waals surface area contributed by atoms with E-state index in [4.69, 9.17) is 5.73 Å². The molecular formula is C13H18BrFN2O2S. The Hall–Kier alpha value is -0.660. The van der Waals surface area contributed by atoms with E-state index in [1.54, 1.807) is 0 Å². The molecule has 0 aromatic heterocycles. The second kappa shape index (κ2) is 5.61. The minimum Gasteiger partial charge on any atom is -0.398 e. The van der Waals surface area contributed by atoms with Gasteiger partial charge in [0.15, 0.2) is 0 Å². The first-order chi connectivity index (χ1) is 9.28. The van der Waals surface area contributed by atoms with Gasteiger partial charge in [0.05, 0.1) is 0 Å². The molecule has 0 radical (unpaired) electrons. The average Bonchev–Trinajstić information content (AvgIpc) is 2.75. The van der Waals surface area contributed by atoms with Crippen LogP contribution in [0.25, 0.3) is 0 Å². The minimum absolute atomic E-state index is 0.0701. The summed E-state index contributed by atoms with van der Waals surface area (Å²) in [6.07, 6.45) is 2.33. The molecule has 7 heteroatoms. The van der Waals surface area contributed by atoms with E-state index < -0.39 is 15.8 Å². The first-order valence-corrected chi connectivity index (χ1v) is 8.80. The maximum atomic E-state index is 14.0. The number of nitrogens with zero attached hydrogens (tertiary/aromatic N) is 1. The van der Waals surface area contributed by atoms with Crippen LogP contribution in [-0.4, -0.2) is 24.8 Å². The SMILES string of the molecule is CCC1CCC(C)N1S(=O)(=O)c1cc(N)c(Br)cc1F. The molecule has 1 saturated heterocycles. The van der Waals surface area contributed by atoms with Crippen molar-refractivity contribution >= 4 is 31.6 Å². The van der Waals surface area contributed by atoms with Gasteiger partial charge < -0.3 is 5.73 Å². The van der Waals surface area contributed by atoms with E-state index in [1.807, 2.05) is 13.8 Å². The Morgan fingerprint density at radius 2 is 2.10 bits per heavy atom. The van der Waals surface area contributed by atoms with Gasteiger partial charge in [-0.3, -0.25) is 0 Å². The Labute approximate surface area is 127 Å². The van der Waals surface area contributed by atoms with Crippen molar-refractivity contribution in [2.45, 2.75) is 50.1 Å². The predicted molar refractivity (Wildman–Crippen MR) is 80.3 cm³/mol. The summed E-state index contributed by atoms with van der Waals surface area (Å²) in [7, 11) is -3.86. The number of rotatable bonds is 3. The van der Waals surface area contributed by atoms with Crippen LogP contribution in [0.3, 0.4) is 0 Å². The molecule has 20 heavy (non-hydrogen) atoms. The normalized spacial score (nSPS) is 24.2. The first kappa shape index (κ1) is 15.7. The standard InChI is InChI=1S/C13H18BrFN2O2S/c1-3-9-5-4-8(2)17(9)20(18,19)13-7-12(16)10(14)6-11(13)15/h6-9H,3-5,16H2,1-2H3.